The maximum absolute atomic E-state index is 6.90. The first kappa shape index (κ1) is 39.1. The number of nitrogens with zero attached hydrogens (tertiary/aromatic N) is 2. The fraction of sp³-hybridized carbons (Fsp3) is 0.238. The number of para-hydroxylation sites is 2. The highest BCUT2D eigenvalue weighted by molar-refractivity contribution is 6.94. The lowest BCUT2D eigenvalue weighted by molar-refractivity contribution is 0.331. The zero-order chi connectivity index (χ0) is 46.1. The van der Waals surface area contributed by atoms with E-state index in [0.29, 0.717) is 0 Å². The molecule has 2 aliphatic carbocycles. The second-order valence-corrected chi connectivity index (χ2v) is 23.5. The van der Waals surface area contributed by atoms with E-state index < -0.39 is 0 Å². The van der Waals surface area contributed by atoms with Gasteiger partial charge in [0.15, 0.2) is 0 Å². The molecule has 0 saturated heterocycles. The Labute approximate surface area is 397 Å². The molecule has 0 radical (unpaired) electrons. The van der Waals surface area contributed by atoms with Crippen LogP contribution in [0.3, 0.4) is 0 Å². The summed E-state index contributed by atoms with van der Waals surface area (Å²) in [6.07, 6.45) is 2.39. The minimum absolute atomic E-state index is 0.0169. The van der Waals surface area contributed by atoms with Crippen molar-refractivity contribution in [3.63, 3.8) is 0 Å². The third-order valence-electron chi connectivity index (χ3n) is 17.4. The van der Waals surface area contributed by atoms with Crippen molar-refractivity contribution in [2.75, 3.05) is 4.81 Å². The number of aromatic nitrogens is 1. The van der Waals surface area contributed by atoms with Gasteiger partial charge in [0.25, 0.3) is 0 Å². The second kappa shape index (κ2) is 12.4. The van der Waals surface area contributed by atoms with Crippen molar-refractivity contribution in [2.45, 2.75) is 96.8 Å². The number of fused-ring (bicyclic) bond motifs is 19. The molecule has 15 rings (SSSR count). The van der Waals surface area contributed by atoms with E-state index in [4.69, 9.17) is 8.83 Å². The molecule has 11 aromatic rings. The molecule has 0 N–H and O–H groups in total. The molecule has 4 nitrogen and oxygen atoms in total. The van der Waals surface area contributed by atoms with Gasteiger partial charge in [-0.2, -0.15) is 0 Å². The van der Waals surface area contributed by atoms with Gasteiger partial charge in [0.05, 0.1) is 16.4 Å². The fourth-order valence-electron chi connectivity index (χ4n) is 13.6. The van der Waals surface area contributed by atoms with Gasteiger partial charge in [-0.1, -0.05) is 135 Å². The molecule has 330 valence electrons. The van der Waals surface area contributed by atoms with E-state index in [1.165, 1.54) is 96.1 Å². The Morgan fingerprint density at radius 2 is 1.15 bits per heavy atom. The van der Waals surface area contributed by atoms with Crippen LogP contribution in [0.1, 0.15) is 103 Å². The summed E-state index contributed by atoms with van der Waals surface area (Å²) in [7, 11) is 0. The van der Waals surface area contributed by atoms with Crippen LogP contribution >= 0.6 is 0 Å². The van der Waals surface area contributed by atoms with Gasteiger partial charge in [-0.15, -0.1) is 0 Å². The van der Waals surface area contributed by atoms with E-state index in [-0.39, 0.29) is 28.5 Å². The molecule has 0 amide bonds. The number of anilines is 2. The molecular formula is C63H53BN2O2. The van der Waals surface area contributed by atoms with E-state index in [1.807, 2.05) is 0 Å². The van der Waals surface area contributed by atoms with Crippen LogP contribution in [0.25, 0.3) is 93.6 Å². The number of rotatable bonds is 1. The first-order valence-corrected chi connectivity index (χ1v) is 24.7. The molecule has 0 bridgehead atoms. The van der Waals surface area contributed by atoms with Crippen molar-refractivity contribution in [1.29, 1.82) is 0 Å². The summed E-state index contributed by atoms with van der Waals surface area (Å²) >= 11 is 0. The van der Waals surface area contributed by atoms with Crippen LogP contribution in [-0.2, 0) is 21.7 Å². The molecule has 0 fully saturated rings. The summed E-state index contributed by atoms with van der Waals surface area (Å²) in [5, 5.41) is 6.93. The highest BCUT2D eigenvalue weighted by Gasteiger charge is 2.48. The summed E-state index contributed by atoms with van der Waals surface area (Å²) in [5.74, 6) is 0. The first-order chi connectivity index (χ1) is 32.6. The minimum Gasteiger partial charge on any atom is -0.456 e. The topological polar surface area (TPSA) is 34.5 Å². The van der Waals surface area contributed by atoms with Crippen molar-refractivity contribution in [1.82, 2.24) is 4.57 Å². The zero-order valence-corrected chi connectivity index (χ0v) is 40.4. The van der Waals surface area contributed by atoms with Gasteiger partial charge in [0, 0.05) is 61.0 Å². The summed E-state index contributed by atoms with van der Waals surface area (Å²) in [6.45, 7) is 21.5. The third-order valence-corrected chi connectivity index (χ3v) is 17.4. The Kier molecular flexibility index (Phi) is 7.11. The highest BCUT2D eigenvalue weighted by Crippen LogP contribution is 2.58. The van der Waals surface area contributed by atoms with Crippen LogP contribution < -0.4 is 15.7 Å². The second-order valence-electron chi connectivity index (χ2n) is 23.5. The average Bonchev–Trinajstić information content (AvgIpc) is 4.05. The van der Waals surface area contributed by atoms with Crippen molar-refractivity contribution in [3.05, 3.63) is 161 Å². The SMILES string of the molecule is CC(C)(C)c1ccc(N2B3c4cc5c(cc4-n4c6ccc7c8ccccc8oc7c6c6ccc(c3c64)-c3cc4c(cc32)-c2cc3c(cc2C4(C)C)C(C)(C)CCC3(C)C)oc2ccccc25)cc1. The lowest BCUT2D eigenvalue weighted by atomic mass is 9.44. The summed E-state index contributed by atoms with van der Waals surface area (Å²) < 4.78 is 16.2. The third kappa shape index (κ3) is 4.77. The van der Waals surface area contributed by atoms with Crippen molar-refractivity contribution >= 4 is 94.8 Å². The Bertz CT molecular complexity index is 4110. The molecule has 0 spiro atoms. The maximum Gasteiger partial charge on any atom is 0.333 e. The van der Waals surface area contributed by atoms with E-state index >= 15 is 0 Å². The lowest BCUT2D eigenvalue weighted by Gasteiger charge is -2.42. The Balaban J connectivity index is 1.09. The van der Waals surface area contributed by atoms with Crippen molar-refractivity contribution in [3.8, 4) is 27.9 Å². The number of hydrogen-bond donors (Lipinski definition) is 0. The van der Waals surface area contributed by atoms with Crippen LogP contribution in [0.4, 0.5) is 11.4 Å². The lowest BCUT2D eigenvalue weighted by Crippen LogP contribution is -2.60. The molecule has 5 heterocycles. The van der Waals surface area contributed by atoms with E-state index in [0.717, 1.165) is 60.5 Å². The van der Waals surface area contributed by atoms with Gasteiger partial charge in [-0.05, 0) is 139 Å². The number of furan rings is 2. The van der Waals surface area contributed by atoms with Gasteiger partial charge in [0.2, 0.25) is 0 Å². The van der Waals surface area contributed by atoms with Gasteiger partial charge in [-0.3, -0.25) is 0 Å². The highest BCUT2D eigenvalue weighted by atomic mass is 16.3. The van der Waals surface area contributed by atoms with Gasteiger partial charge in [-0.25, -0.2) is 0 Å². The fourth-order valence-corrected chi connectivity index (χ4v) is 13.6. The molecule has 4 aliphatic rings. The number of hydrogen-bond acceptors (Lipinski definition) is 3. The molecule has 0 unspecified atom stereocenters. The molecule has 0 atom stereocenters. The van der Waals surface area contributed by atoms with Crippen LogP contribution in [0.2, 0.25) is 0 Å². The largest absolute Gasteiger partial charge is 0.456 e. The average molecular weight is 881 g/mol. The Morgan fingerprint density at radius 1 is 0.515 bits per heavy atom. The van der Waals surface area contributed by atoms with Crippen LogP contribution in [0.5, 0.6) is 0 Å². The molecule has 5 heteroatoms. The van der Waals surface area contributed by atoms with E-state index in [1.54, 1.807) is 0 Å². The quantitative estimate of drug-likeness (QED) is 0.154. The van der Waals surface area contributed by atoms with Crippen molar-refractivity contribution in [2.24, 2.45) is 0 Å². The van der Waals surface area contributed by atoms with Gasteiger partial charge >= 0.3 is 6.85 Å². The summed E-state index contributed by atoms with van der Waals surface area (Å²) in [6, 6.07) is 51.1. The van der Waals surface area contributed by atoms with Gasteiger partial charge < -0.3 is 18.2 Å². The van der Waals surface area contributed by atoms with Crippen LogP contribution in [-0.4, -0.2) is 11.4 Å². The van der Waals surface area contributed by atoms with Gasteiger partial charge in [0.1, 0.15) is 22.3 Å². The molecule has 8 aromatic carbocycles. The standard InChI is InChI=1S/C63H53BN2O2/c1-60(2,3)34-18-20-35(21-19-34)66-51-31-42-41-28-47-48(62(6,7)27-26-61(47,4)5)32-46(41)63(8,9)45(42)29-43(51)38-22-23-40-56-50(25-24-39-36-14-10-13-17-54(36)68-59(39)56)65-52-33-55-44(37-15-11-12-16-53(37)67-55)30-49(52)64(66)57(38)58(40)65/h10-25,28-33H,26-27H2,1-9H3. The normalized spacial score (nSPS) is 17.1. The zero-order valence-electron chi connectivity index (χ0n) is 40.4. The van der Waals surface area contributed by atoms with Crippen LogP contribution in [0.15, 0.2) is 142 Å². The Hall–Kier alpha value is -6.98. The molecule has 68 heavy (non-hydrogen) atoms. The minimum atomic E-state index is -0.188. The van der Waals surface area contributed by atoms with E-state index in [9.17, 15) is 0 Å². The van der Waals surface area contributed by atoms with Crippen molar-refractivity contribution < 1.29 is 8.83 Å². The predicted octanol–water partition coefficient (Wildman–Crippen LogP) is 15.8. The molecule has 2 aliphatic heterocycles. The molecular weight excluding hydrogens is 828 g/mol. The molecule has 0 saturated carbocycles. The predicted molar refractivity (Wildman–Crippen MR) is 286 cm³/mol. The van der Waals surface area contributed by atoms with Crippen LogP contribution in [0, 0.1) is 0 Å². The molecule has 3 aromatic heterocycles. The number of benzene rings is 8. The smallest absolute Gasteiger partial charge is 0.333 e. The van der Waals surface area contributed by atoms with E-state index in [2.05, 4.69) is 205 Å². The monoisotopic (exact) mass is 880 g/mol. The first-order valence-electron chi connectivity index (χ1n) is 24.7. The summed E-state index contributed by atoms with van der Waals surface area (Å²) in [4.78, 5) is 2.70. The summed E-state index contributed by atoms with van der Waals surface area (Å²) in [5.41, 5.74) is 24.8. The maximum atomic E-state index is 6.90. The Morgan fingerprint density at radius 3 is 1.88 bits per heavy atom.